The maximum absolute atomic E-state index is 11.6. The Morgan fingerprint density at radius 1 is 0.889 bits per heavy atom. The maximum atomic E-state index is 11.6. The van der Waals surface area contributed by atoms with Crippen molar-refractivity contribution in [1.29, 1.82) is 0 Å². The molecule has 0 spiro atoms. The summed E-state index contributed by atoms with van der Waals surface area (Å²) in [5.41, 5.74) is 1.38. The van der Waals surface area contributed by atoms with Crippen LogP contribution in [-0.2, 0) is 9.59 Å². The van der Waals surface area contributed by atoms with Gasteiger partial charge in [0.05, 0.1) is 0 Å². The first-order chi connectivity index (χ1) is 8.40. The number of amides is 2. The van der Waals surface area contributed by atoms with Crippen molar-refractivity contribution in [3.63, 3.8) is 0 Å². The average Bonchev–Trinajstić information content (AvgIpc) is 2.29. The van der Waals surface area contributed by atoms with Gasteiger partial charge in [0, 0.05) is 23.2 Å². The van der Waals surface area contributed by atoms with Crippen LogP contribution in [0.3, 0.4) is 0 Å². The molecule has 1 aromatic carbocycles. The molecule has 0 aliphatic rings. The Morgan fingerprint density at radius 3 is 1.61 bits per heavy atom. The number of hydrogen-bond donors (Lipinski definition) is 2. The molecule has 98 valence electrons. The molecule has 1 aromatic rings. The van der Waals surface area contributed by atoms with Gasteiger partial charge in [-0.1, -0.05) is 33.8 Å². The van der Waals surface area contributed by atoms with Crippen LogP contribution in [0.25, 0.3) is 0 Å². The Hall–Kier alpha value is -1.84. The smallest absolute Gasteiger partial charge is 0.226 e. The molecule has 0 aliphatic carbocycles. The fourth-order valence-corrected chi connectivity index (χ4v) is 1.25. The van der Waals surface area contributed by atoms with E-state index < -0.39 is 0 Å². The molecule has 0 radical (unpaired) electrons. The van der Waals surface area contributed by atoms with Crippen molar-refractivity contribution in [3.8, 4) is 0 Å². The monoisotopic (exact) mass is 248 g/mol. The summed E-state index contributed by atoms with van der Waals surface area (Å²) in [6.45, 7) is 7.33. The van der Waals surface area contributed by atoms with Crippen LogP contribution >= 0.6 is 0 Å². The predicted molar refractivity (Wildman–Crippen MR) is 73.4 cm³/mol. The molecule has 0 saturated heterocycles. The molecule has 0 unspecified atom stereocenters. The zero-order valence-electron chi connectivity index (χ0n) is 11.3. The van der Waals surface area contributed by atoms with Crippen molar-refractivity contribution in [2.45, 2.75) is 27.7 Å². The largest absolute Gasteiger partial charge is 0.326 e. The van der Waals surface area contributed by atoms with Crippen molar-refractivity contribution >= 4 is 23.2 Å². The lowest BCUT2D eigenvalue weighted by Crippen LogP contribution is -2.19. The van der Waals surface area contributed by atoms with Crippen LogP contribution in [0, 0.1) is 11.8 Å². The molecule has 4 heteroatoms. The van der Waals surface area contributed by atoms with Gasteiger partial charge in [-0.15, -0.1) is 0 Å². The number of rotatable bonds is 4. The highest BCUT2D eigenvalue weighted by atomic mass is 16.2. The van der Waals surface area contributed by atoms with Crippen molar-refractivity contribution in [1.82, 2.24) is 0 Å². The molecule has 0 heterocycles. The summed E-state index contributed by atoms with van der Waals surface area (Å²) in [5.74, 6) is -0.220. The Morgan fingerprint density at radius 2 is 1.28 bits per heavy atom. The van der Waals surface area contributed by atoms with Crippen LogP contribution in [0.1, 0.15) is 27.7 Å². The number of carbonyl (C=O) groups excluding carboxylic acids is 2. The average molecular weight is 248 g/mol. The summed E-state index contributed by atoms with van der Waals surface area (Å²) < 4.78 is 0. The summed E-state index contributed by atoms with van der Waals surface area (Å²) in [6, 6.07) is 7.14. The van der Waals surface area contributed by atoms with Crippen molar-refractivity contribution in [3.05, 3.63) is 24.3 Å². The van der Waals surface area contributed by atoms with E-state index in [-0.39, 0.29) is 23.7 Å². The zero-order chi connectivity index (χ0) is 13.7. The summed E-state index contributed by atoms with van der Waals surface area (Å²) in [4.78, 5) is 23.1. The molecule has 0 bridgehead atoms. The second-order valence-electron chi connectivity index (χ2n) is 4.87. The molecule has 0 fully saturated rings. The molecule has 4 nitrogen and oxygen atoms in total. The standard InChI is InChI=1S/C14H20N2O2/c1-9(2)13(17)15-11-6-5-7-12(8-11)16-14(18)10(3)4/h5-10H,1-4H3,(H,15,17)(H,16,18). The molecule has 0 aliphatic heterocycles. The van der Waals surface area contributed by atoms with E-state index in [4.69, 9.17) is 0 Å². The molecule has 1 rings (SSSR count). The van der Waals surface area contributed by atoms with E-state index in [9.17, 15) is 9.59 Å². The highest BCUT2D eigenvalue weighted by Gasteiger charge is 2.09. The normalized spacial score (nSPS) is 10.6. The van der Waals surface area contributed by atoms with Gasteiger partial charge in [-0.2, -0.15) is 0 Å². The highest BCUT2D eigenvalue weighted by Crippen LogP contribution is 2.16. The van der Waals surface area contributed by atoms with E-state index in [1.807, 2.05) is 27.7 Å². The van der Waals surface area contributed by atoms with Gasteiger partial charge in [0.15, 0.2) is 0 Å². The van der Waals surface area contributed by atoms with Gasteiger partial charge >= 0.3 is 0 Å². The maximum Gasteiger partial charge on any atom is 0.226 e. The van der Waals surface area contributed by atoms with Gasteiger partial charge < -0.3 is 10.6 Å². The van der Waals surface area contributed by atoms with Crippen LogP contribution in [-0.4, -0.2) is 11.8 Å². The van der Waals surface area contributed by atoms with Gasteiger partial charge in [0.25, 0.3) is 0 Å². The highest BCUT2D eigenvalue weighted by molar-refractivity contribution is 5.95. The summed E-state index contributed by atoms with van der Waals surface area (Å²) in [5, 5.41) is 5.59. The van der Waals surface area contributed by atoms with Crippen LogP contribution in [0.4, 0.5) is 11.4 Å². The second-order valence-corrected chi connectivity index (χ2v) is 4.87. The molecule has 2 N–H and O–H groups in total. The Kier molecular flexibility index (Phi) is 4.89. The molecule has 0 saturated carbocycles. The van der Waals surface area contributed by atoms with Gasteiger partial charge in [-0.05, 0) is 18.2 Å². The van der Waals surface area contributed by atoms with Gasteiger partial charge in [-0.25, -0.2) is 0 Å². The third-order valence-electron chi connectivity index (χ3n) is 2.45. The minimum absolute atomic E-state index is 0.0395. The molecular formula is C14H20N2O2. The first kappa shape index (κ1) is 14.2. The van der Waals surface area contributed by atoms with E-state index in [0.29, 0.717) is 11.4 Å². The summed E-state index contributed by atoms with van der Waals surface area (Å²) in [7, 11) is 0. The van der Waals surface area contributed by atoms with Crippen LogP contribution in [0.15, 0.2) is 24.3 Å². The number of anilines is 2. The van der Waals surface area contributed by atoms with E-state index in [0.717, 1.165) is 0 Å². The van der Waals surface area contributed by atoms with E-state index in [2.05, 4.69) is 10.6 Å². The summed E-state index contributed by atoms with van der Waals surface area (Å²) >= 11 is 0. The lowest BCUT2D eigenvalue weighted by atomic mass is 10.2. The van der Waals surface area contributed by atoms with Crippen LogP contribution in [0.2, 0.25) is 0 Å². The minimum atomic E-state index is -0.0705. The number of nitrogens with one attached hydrogen (secondary N) is 2. The second kappa shape index (κ2) is 6.19. The third-order valence-corrected chi connectivity index (χ3v) is 2.45. The fraction of sp³-hybridized carbons (Fsp3) is 0.429. The van der Waals surface area contributed by atoms with E-state index in [1.54, 1.807) is 24.3 Å². The molecule has 0 atom stereocenters. The number of carbonyl (C=O) groups is 2. The van der Waals surface area contributed by atoms with Crippen LogP contribution in [0.5, 0.6) is 0 Å². The van der Waals surface area contributed by atoms with Crippen molar-refractivity contribution in [2.24, 2.45) is 11.8 Å². The van der Waals surface area contributed by atoms with Gasteiger partial charge in [0.1, 0.15) is 0 Å². The summed E-state index contributed by atoms with van der Waals surface area (Å²) in [6.07, 6.45) is 0. The molecule has 0 aromatic heterocycles. The van der Waals surface area contributed by atoms with E-state index in [1.165, 1.54) is 0 Å². The van der Waals surface area contributed by atoms with Crippen molar-refractivity contribution < 1.29 is 9.59 Å². The number of benzene rings is 1. The lowest BCUT2D eigenvalue weighted by Gasteiger charge is -2.11. The molecule has 18 heavy (non-hydrogen) atoms. The van der Waals surface area contributed by atoms with Crippen LogP contribution < -0.4 is 10.6 Å². The zero-order valence-corrected chi connectivity index (χ0v) is 11.3. The first-order valence-corrected chi connectivity index (χ1v) is 6.12. The Balaban J connectivity index is 2.74. The predicted octanol–water partition coefficient (Wildman–Crippen LogP) is 2.88. The van der Waals surface area contributed by atoms with E-state index >= 15 is 0 Å². The Bertz CT molecular complexity index is 402. The van der Waals surface area contributed by atoms with Crippen molar-refractivity contribution in [2.75, 3.05) is 10.6 Å². The lowest BCUT2D eigenvalue weighted by molar-refractivity contribution is -0.119. The first-order valence-electron chi connectivity index (χ1n) is 6.12. The van der Waals surface area contributed by atoms with Gasteiger partial charge in [0.2, 0.25) is 11.8 Å². The molecular weight excluding hydrogens is 228 g/mol. The number of hydrogen-bond acceptors (Lipinski definition) is 2. The fourth-order valence-electron chi connectivity index (χ4n) is 1.25. The molecule has 2 amide bonds. The third kappa shape index (κ3) is 4.20. The Labute approximate surface area is 108 Å². The topological polar surface area (TPSA) is 58.2 Å². The SMILES string of the molecule is CC(C)C(=O)Nc1cccc(NC(=O)C(C)C)c1. The quantitative estimate of drug-likeness (QED) is 0.860. The minimum Gasteiger partial charge on any atom is -0.326 e. The van der Waals surface area contributed by atoms with Gasteiger partial charge in [-0.3, -0.25) is 9.59 Å².